The molecule has 0 saturated carbocycles. The molecule has 2 N–H and O–H groups in total. The number of hydrogen-bond donors (Lipinski definition) is 2. The van der Waals surface area contributed by atoms with Crippen molar-refractivity contribution in [2.24, 2.45) is 0 Å². The number of nitrogens with one attached hydrogen (secondary N) is 2. The summed E-state index contributed by atoms with van der Waals surface area (Å²) >= 11 is 0. The lowest BCUT2D eigenvalue weighted by molar-refractivity contribution is -0.120. The maximum absolute atomic E-state index is 11.2. The largest absolute Gasteiger partial charge is 0.353 e. The second-order valence-electron chi connectivity index (χ2n) is 4.31. The fraction of sp³-hybridized carbons (Fsp3) is 0.917. The predicted molar refractivity (Wildman–Crippen MR) is 64.9 cm³/mol. The Bertz CT molecular complexity index is 158. The lowest BCUT2D eigenvalue weighted by Gasteiger charge is -2.08. The Morgan fingerprint density at radius 3 is 2.40 bits per heavy atom. The average molecular weight is 214 g/mol. The van der Waals surface area contributed by atoms with Crippen LogP contribution in [0, 0.1) is 0 Å². The van der Waals surface area contributed by atoms with Crippen molar-refractivity contribution >= 4 is 5.91 Å². The molecule has 0 saturated heterocycles. The van der Waals surface area contributed by atoms with Crippen molar-refractivity contribution in [1.82, 2.24) is 10.6 Å². The lowest BCUT2D eigenvalue weighted by atomic mass is 10.1. The van der Waals surface area contributed by atoms with Crippen LogP contribution < -0.4 is 10.6 Å². The summed E-state index contributed by atoms with van der Waals surface area (Å²) in [5.74, 6) is 0.0959. The first-order valence-electron chi connectivity index (χ1n) is 6.17. The Morgan fingerprint density at radius 1 is 1.13 bits per heavy atom. The highest BCUT2D eigenvalue weighted by Crippen LogP contribution is 2.00. The average Bonchev–Trinajstić information content (AvgIpc) is 2.15. The quantitative estimate of drug-likeness (QED) is 0.577. The minimum Gasteiger partial charge on any atom is -0.353 e. The van der Waals surface area contributed by atoms with Gasteiger partial charge in [-0.25, -0.2) is 0 Å². The van der Waals surface area contributed by atoms with Crippen molar-refractivity contribution in [2.75, 3.05) is 13.1 Å². The molecule has 15 heavy (non-hydrogen) atoms. The van der Waals surface area contributed by atoms with Crippen molar-refractivity contribution in [2.45, 2.75) is 58.9 Å². The Labute approximate surface area is 94.0 Å². The number of carbonyl (C=O) groups is 1. The van der Waals surface area contributed by atoms with Crippen LogP contribution in [0.2, 0.25) is 0 Å². The van der Waals surface area contributed by atoms with Gasteiger partial charge in [0.25, 0.3) is 0 Å². The molecule has 0 unspecified atom stereocenters. The van der Waals surface area contributed by atoms with E-state index in [9.17, 15) is 4.79 Å². The fourth-order valence-electron chi connectivity index (χ4n) is 1.43. The molecule has 0 aliphatic heterocycles. The van der Waals surface area contributed by atoms with Crippen LogP contribution in [0.4, 0.5) is 0 Å². The number of hydrogen-bond acceptors (Lipinski definition) is 2. The summed E-state index contributed by atoms with van der Waals surface area (Å²) in [6.07, 6.45) is 6.37. The minimum absolute atomic E-state index is 0.0959. The third kappa shape index (κ3) is 11.4. The van der Waals surface area contributed by atoms with Gasteiger partial charge in [0.1, 0.15) is 0 Å². The first-order chi connectivity index (χ1) is 7.16. The van der Waals surface area contributed by atoms with Crippen molar-refractivity contribution < 1.29 is 4.79 Å². The third-order valence-electron chi connectivity index (χ3n) is 2.19. The molecule has 0 heterocycles. The highest BCUT2D eigenvalue weighted by Gasteiger charge is 2.01. The van der Waals surface area contributed by atoms with Crippen LogP contribution in [-0.2, 0) is 4.79 Å². The minimum atomic E-state index is 0.0959. The van der Waals surface area contributed by atoms with Gasteiger partial charge < -0.3 is 10.6 Å². The molecule has 0 rings (SSSR count). The fourth-order valence-corrected chi connectivity index (χ4v) is 1.43. The van der Waals surface area contributed by atoms with Crippen molar-refractivity contribution in [1.29, 1.82) is 0 Å². The number of carbonyl (C=O) groups excluding carboxylic acids is 1. The highest BCUT2D eigenvalue weighted by molar-refractivity contribution is 5.78. The maximum atomic E-state index is 11.2. The summed E-state index contributed by atoms with van der Waals surface area (Å²) in [5, 5.41) is 6.01. The summed E-state index contributed by atoms with van der Waals surface area (Å²) in [6.45, 7) is 7.57. The Balaban J connectivity index is 3.13. The van der Waals surface area contributed by atoms with Gasteiger partial charge in [0, 0.05) is 6.04 Å². The molecule has 0 radical (unpaired) electrons. The molecule has 0 aromatic carbocycles. The zero-order chi connectivity index (χ0) is 11.5. The van der Waals surface area contributed by atoms with Crippen LogP contribution in [0.3, 0.4) is 0 Å². The Morgan fingerprint density at radius 2 is 1.80 bits per heavy atom. The first kappa shape index (κ1) is 14.4. The first-order valence-corrected chi connectivity index (χ1v) is 6.17. The Hall–Kier alpha value is -0.570. The van der Waals surface area contributed by atoms with Gasteiger partial charge in [0.2, 0.25) is 5.91 Å². The van der Waals surface area contributed by atoms with Crippen molar-refractivity contribution in [3.8, 4) is 0 Å². The standard InChI is InChI=1S/C12H26N2O/c1-4-5-6-7-8-9-13-10-12(15)14-11(2)3/h11,13H,4-10H2,1-3H3,(H,14,15). The topological polar surface area (TPSA) is 41.1 Å². The van der Waals surface area contributed by atoms with Gasteiger partial charge >= 0.3 is 0 Å². The SMILES string of the molecule is CCCCCCCNCC(=O)NC(C)C. The van der Waals surface area contributed by atoms with E-state index in [0.29, 0.717) is 6.54 Å². The van der Waals surface area contributed by atoms with Crippen LogP contribution in [-0.4, -0.2) is 25.0 Å². The molecule has 90 valence electrons. The summed E-state index contributed by atoms with van der Waals surface area (Å²) in [4.78, 5) is 11.2. The normalized spacial score (nSPS) is 10.7. The predicted octanol–water partition coefficient (Wildman–Crippen LogP) is 2.07. The monoisotopic (exact) mass is 214 g/mol. The molecule has 0 bridgehead atoms. The number of unbranched alkanes of at least 4 members (excludes halogenated alkanes) is 4. The van der Waals surface area contributed by atoms with E-state index in [2.05, 4.69) is 17.6 Å². The van der Waals surface area contributed by atoms with E-state index in [1.165, 1.54) is 32.1 Å². The molecule has 0 spiro atoms. The number of rotatable bonds is 9. The van der Waals surface area contributed by atoms with E-state index in [4.69, 9.17) is 0 Å². The van der Waals surface area contributed by atoms with Crippen molar-refractivity contribution in [3.05, 3.63) is 0 Å². The second-order valence-corrected chi connectivity index (χ2v) is 4.31. The molecular formula is C12H26N2O. The van der Waals surface area contributed by atoms with Crippen LogP contribution in [0.15, 0.2) is 0 Å². The lowest BCUT2D eigenvalue weighted by Crippen LogP contribution is -2.37. The molecule has 0 aromatic rings. The van der Waals surface area contributed by atoms with E-state index in [1.54, 1.807) is 0 Å². The molecule has 3 nitrogen and oxygen atoms in total. The van der Waals surface area contributed by atoms with Gasteiger partial charge in [0.15, 0.2) is 0 Å². The van der Waals surface area contributed by atoms with Gasteiger partial charge in [-0.2, -0.15) is 0 Å². The summed E-state index contributed by atoms with van der Waals surface area (Å²) in [6, 6.07) is 0.240. The van der Waals surface area contributed by atoms with Gasteiger partial charge in [-0.3, -0.25) is 4.79 Å². The van der Waals surface area contributed by atoms with Gasteiger partial charge in [0.05, 0.1) is 6.54 Å². The van der Waals surface area contributed by atoms with Crippen LogP contribution >= 0.6 is 0 Å². The Kier molecular flexibility index (Phi) is 9.59. The van der Waals surface area contributed by atoms with Gasteiger partial charge in [-0.15, -0.1) is 0 Å². The second kappa shape index (κ2) is 9.97. The van der Waals surface area contributed by atoms with E-state index in [0.717, 1.165) is 6.54 Å². The van der Waals surface area contributed by atoms with Gasteiger partial charge in [-0.1, -0.05) is 32.6 Å². The van der Waals surface area contributed by atoms with E-state index < -0.39 is 0 Å². The summed E-state index contributed by atoms with van der Waals surface area (Å²) in [5.41, 5.74) is 0. The maximum Gasteiger partial charge on any atom is 0.234 e. The highest BCUT2D eigenvalue weighted by atomic mass is 16.1. The van der Waals surface area contributed by atoms with E-state index >= 15 is 0 Å². The molecule has 0 aliphatic rings. The zero-order valence-electron chi connectivity index (χ0n) is 10.4. The molecule has 0 atom stereocenters. The molecule has 0 aromatic heterocycles. The number of amides is 1. The summed E-state index contributed by atoms with van der Waals surface area (Å²) in [7, 11) is 0. The third-order valence-corrected chi connectivity index (χ3v) is 2.19. The van der Waals surface area contributed by atoms with Gasteiger partial charge in [-0.05, 0) is 26.8 Å². The van der Waals surface area contributed by atoms with E-state index in [1.807, 2.05) is 13.8 Å². The molecule has 1 amide bonds. The van der Waals surface area contributed by atoms with Crippen molar-refractivity contribution in [3.63, 3.8) is 0 Å². The van der Waals surface area contributed by atoms with Crippen LogP contribution in [0.1, 0.15) is 52.9 Å². The van der Waals surface area contributed by atoms with Crippen LogP contribution in [0.5, 0.6) is 0 Å². The smallest absolute Gasteiger partial charge is 0.234 e. The zero-order valence-corrected chi connectivity index (χ0v) is 10.4. The molecule has 0 fully saturated rings. The summed E-state index contributed by atoms with van der Waals surface area (Å²) < 4.78 is 0. The molecule has 0 aliphatic carbocycles. The van der Waals surface area contributed by atoms with E-state index in [-0.39, 0.29) is 11.9 Å². The van der Waals surface area contributed by atoms with Crippen LogP contribution in [0.25, 0.3) is 0 Å². The molecule has 3 heteroatoms. The molecular weight excluding hydrogens is 188 g/mol.